The number of benzene rings is 2. The van der Waals surface area contributed by atoms with E-state index in [4.69, 9.17) is 25.6 Å². The topological polar surface area (TPSA) is 89.7 Å². The number of methoxy groups -OCH3 is 2. The van der Waals surface area contributed by atoms with E-state index in [0.717, 1.165) is 24.9 Å². The van der Waals surface area contributed by atoms with E-state index in [1.165, 1.54) is 18.2 Å². The molecule has 1 atom stereocenters. The number of nitrogens with zero attached hydrogens (tertiary/aromatic N) is 3. The van der Waals surface area contributed by atoms with Crippen LogP contribution in [0.4, 0.5) is 10.1 Å². The molecule has 1 unspecified atom stereocenters. The molecule has 174 valence electrons. The summed E-state index contributed by atoms with van der Waals surface area (Å²) >= 11 is 5.80. The van der Waals surface area contributed by atoms with Gasteiger partial charge in [-0.1, -0.05) is 16.8 Å². The summed E-state index contributed by atoms with van der Waals surface area (Å²) in [5.41, 5.74) is 1.22. The Hall–Kier alpha value is -3.17. The minimum Gasteiger partial charge on any atom is -0.493 e. The maximum absolute atomic E-state index is 13.3. The molecule has 3 aromatic rings. The molecule has 2 heterocycles. The molecule has 1 amide bonds. The Kier molecular flexibility index (Phi) is 7.10. The van der Waals surface area contributed by atoms with Crippen molar-refractivity contribution in [2.45, 2.75) is 19.4 Å². The summed E-state index contributed by atoms with van der Waals surface area (Å²) in [6.07, 6.45) is 1.62. The van der Waals surface area contributed by atoms with Crippen molar-refractivity contribution in [1.29, 1.82) is 0 Å². The predicted molar refractivity (Wildman–Crippen MR) is 121 cm³/mol. The van der Waals surface area contributed by atoms with Crippen LogP contribution < -0.4 is 14.8 Å². The Morgan fingerprint density at radius 1 is 1.24 bits per heavy atom. The summed E-state index contributed by atoms with van der Waals surface area (Å²) in [5, 5.41) is 6.87. The number of hydrogen-bond acceptors (Lipinski definition) is 7. The van der Waals surface area contributed by atoms with Crippen LogP contribution in [0, 0.1) is 11.7 Å². The van der Waals surface area contributed by atoms with Crippen LogP contribution in [0.5, 0.6) is 11.5 Å². The minimum absolute atomic E-state index is 0.0280. The molecule has 2 aromatic carbocycles. The average Bonchev–Trinajstić information content (AvgIpc) is 3.29. The lowest BCUT2D eigenvalue weighted by molar-refractivity contribution is -0.121. The van der Waals surface area contributed by atoms with Gasteiger partial charge in [0.05, 0.1) is 31.7 Å². The summed E-state index contributed by atoms with van der Waals surface area (Å²) < 4.78 is 29.4. The van der Waals surface area contributed by atoms with Gasteiger partial charge in [0.2, 0.25) is 17.6 Å². The average molecular weight is 475 g/mol. The number of likely N-dealkylation sites (tertiary alicyclic amines) is 1. The van der Waals surface area contributed by atoms with Gasteiger partial charge < -0.3 is 19.3 Å². The molecule has 0 radical (unpaired) electrons. The zero-order valence-electron chi connectivity index (χ0n) is 18.3. The fraction of sp³-hybridized carbons (Fsp3) is 0.348. The first-order valence-electron chi connectivity index (χ1n) is 10.5. The second-order valence-corrected chi connectivity index (χ2v) is 8.18. The molecule has 8 nitrogen and oxygen atoms in total. The Labute approximate surface area is 195 Å². The third-order valence-corrected chi connectivity index (χ3v) is 5.82. The van der Waals surface area contributed by atoms with Crippen molar-refractivity contribution >= 4 is 23.2 Å². The number of amides is 1. The number of rotatable bonds is 7. The molecule has 4 rings (SSSR count). The summed E-state index contributed by atoms with van der Waals surface area (Å²) in [6.45, 7) is 1.81. The Morgan fingerprint density at radius 2 is 2.06 bits per heavy atom. The predicted octanol–water partition coefficient (Wildman–Crippen LogP) is 4.40. The molecule has 0 bridgehead atoms. The quantitative estimate of drug-likeness (QED) is 0.543. The van der Waals surface area contributed by atoms with Crippen LogP contribution in [0.15, 0.2) is 40.9 Å². The van der Waals surface area contributed by atoms with Gasteiger partial charge in [0.15, 0.2) is 11.5 Å². The van der Waals surface area contributed by atoms with Gasteiger partial charge in [-0.05, 0) is 55.8 Å². The number of carbonyl (C=O) groups is 1. The van der Waals surface area contributed by atoms with Crippen molar-refractivity contribution in [1.82, 2.24) is 15.0 Å². The van der Waals surface area contributed by atoms with E-state index in [0.29, 0.717) is 42.0 Å². The number of anilines is 1. The largest absolute Gasteiger partial charge is 0.493 e. The Bertz CT molecular complexity index is 1140. The van der Waals surface area contributed by atoms with E-state index < -0.39 is 5.82 Å². The molecule has 0 saturated carbocycles. The van der Waals surface area contributed by atoms with E-state index in [-0.39, 0.29) is 16.8 Å². The SMILES string of the molecule is COc1ccc(-c2noc(CN3CCCC(C(=O)Nc4ccc(F)c(Cl)c4)C3)n2)cc1OC. The van der Waals surface area contributed by atoms with Crippen LogP contribution in [0.1, 0.15) is 18.7 Å². The van der Waals surface area contributed by atoms with Crippen molar-refractivity contribution in [3.8, 4) is 22.9 Å². The first-order valence-corrected chi connectivity index (χ1v) is 10.9. The molecule has 1 N–H and O–H groups in total. The van der Waals surface area contributed by atoms with Gasteiger partial charge in [-0.15, -0.1) is 0 Å². The highest BCUT2D eigenvalue weighted by Gasteiger charge is 2.27. The van der Waals surface area contributed by atoms with Crippen molar-refractivity contribution in [3.05, 3.63) is 53.1 Å². The van der Waals surface area contributed by atoms with Gasteiger partial charge in [-0.25, -0.2) is 4.39 Å². The first-order chi connectivity index (χ1) is 16.0. The van der Waals surface area contributed by atoms with Crippen LogP contribution >= 0.6 is 11.6 Å². The molecule has 1 aliphatic heterocycles. The zero-order valence-corrected chi connectivity index (χ0v) is 19.1. The van der Waals surface area contributed by atoms with Gasteiger partial charge in [0.25, 0.3) is 0 Å². The fourth-order valence-electron chi connectivity index (χ4n) is 3.83. The molecule has 0 aliphatic carbocycles. The van der Waals surface area contributed by atoms with E-state index in [9.17, 15) is 9.18 Å². The lowest BCUT2D eigenvalue weighted by Crippen LogP contribution is -2.40. The van der Waals surface area contributed by atoms with Gasteiger partial charge in [0, 0.05) is 17.8 Å². The molecule has 0 spiro atoms. The summed E-state index contributed by atoms with van der Waals surface area (Å²) in [6, 6.07) is 9.54. The first kappa shape index (κ1) is 23.0. The number of aromatic nitrogens is 2. The standard InChI is InChI=1S/C23H24ClFN4O4/c1-31-19-8-5-14(10-20(19)32-2)22-27-21(33-28-22)13-29-9-3-4-15(12-29)23(30)26-16-6-7-18(25)17(24)11-16/h5-8,10-11,15H,3-4,9,12-13H2,1-2H3,(H,26,30). The number of piperidine rings is 1. The Morgan fingerprint density at radius 3 is 2.82 bits per heavy atom. The van der Waals surface area contributed by atoms with Crippen LogP contribution in [0.25, 0.3) is 11.4 Å². The highest BCUT2D eigenvalue weighted by atomic mass is 35.5. The van der Waals surface area contributed by atoms with Gasteiger partial charge >= 0.3 is 0 Å². The highest BCUT2D eigenvalue weighted by molar-refractivity contribution is 6.31. The molecule has 33 heavy (non-hydrogen) atoms. The molecule has 10 heteroatoms. The van der Waals surface area contributed by atoms with Gasteiger partial charge in [0.1, 0.15) is 5.82 Å². The molecule has 1 aromatic heterocycles. The molecular weight excluding hydrogens is 451 g/mol. The number of carbonyl (C=O) groups excluding carboxylic acids is 1. The van der Waals surface area contributed by atoms with E-state index >= 15 is 0 Å². The lowest BCUT2D eigenvalue weighted by Gasteiger charge is -2.30. The highest BCUT2D eigenvalue weighted by Crippen LogP contribution is 2.31. The van der Waals surface area contributed by atoms with Crippen molar-refractivity contribution in [2.24, 2.45) is 5.92 Å². The number of halogens is 2. The number of ether oxygens (including phenoxy) is 2. The summed E-state index contributed by atoms with van der Waals surface area (Å²) in [4.78, 5) is 19.3. The molecule has 1 aliphatic rings. The minimum atomic E-state index is -0.523. The van der Waals surface area contributed by atoms with Gasteiger partial charge in [-0.3, -0.25) is 9.69 Å². The normalized spacial score (nSPS) is 16.4. The smallest absolute Gasteiger partial charge is 0.241 e. The summed E-state index contributed by atoms with van der Waals surface area (Å²) in [5.74, 6) is 1.25. The fourth-order valence-corrected chi connectivity index (χ4v) is 4.01. The third-order valence-electron chi connectivity index (χ3n) is 5.53. The second-order valence-electron chi connectivity index (χ2n) is 7.77. The van der Waals surface area contributed by atoms with Crippen molar-refractivity contribution in [2.75, 3.05) is 32.6 Å². The third kappa shape index (κ3) is 5.43. The number of hydrogen-bond donors (Lipinski definition) is 1. The van der Waals surface area contributed by atoms with Crippen LogP contribution in [0.3, 0.4) is 0 Å². The maximum atomic E-state index is 13.3. The monoisotopic (exact) mass is 474 g/mol. The lowest BCUT2D eigenvalue weighted by atomic mass is 9.97. The molecular formula is C23H24ClFN4O4. The van der Waals surface area contributed by atoms with Crippen LogP contribution in [0.2, 0.25) is 5.02 Å². The number of nitrogens with one attached hydrogen (secondary N) is 1. The summed E-state index contributed by atoms with van der Waals surface area (Å²) in [7, 11) is 3.14. The van der Waals surface area contributed by atoms with Gasteiger partial charge in [-0.2, -0.15) is 4.98 Å². The van der Waals surface area contributed by atoms with Crippen LogP contribution in [-0.4, -0.2) is 48.3 Å². The maximum Gasteiger partial charge on any atom is 0.241 e. The van der Waals surface area contributed by atoms with Crippen LogP contribution in [-0.2, 0) is 11.3 Å². The Balaban J connectivity index is 1.38. The molecule has 1 saturated heterocycles. The van der Waals surface area contributed by atoms with E-state index in [1.54, 1.807) is 26.4 Å². The van der Waals surface area contributed by atoms with E-state index in [2.05, 4.69) is 20.4 Å². The van der Waals surface area contributed by atoms with Crippen molar-refractivity contribution < 1.29 is 23.2 Å². The van der Waals surface area contributed by atoms with Crippen molar-refractivity contribution in [3.63, 3.8) is 0 Å². The van der Waals surface area contributed by atoms with E-state index in [1.807, 2.05) is 6.07 Å². The molecule has 1 fully saturated rings. The zero-order chi connectivity index (χ0) is 23.4. The second kappa shape index (κ2) is 10.2.